The molecule has 1 N–H and O–H groups in total. The summed E-state index contributed by atoms with van der Waals surface area (Å²) in [6, 6.07) is 1.43. The number of rotatable bonds is 4. The van der Waals surface area contributed by atoms with E-state index in [0.717, 1.165) is 25.0 Å². The molecular weight excluding hydrogens is 186 g/mol. The van der Waals surface area contributed by atoms with Gasteiger partial charge in [0.2, 0.25) is 0 Å². The highest BCUT2D eigenvalue weighted by molar-refractivity contribution is 4.86. The van der Waals surface area contributed by atoms with Crippen LogP contribution in [-0.4, -0.2) is 62.7 Å². The van der Waals surface area contributed by atoms with Crippen molar-refractivity contribution >= 4 is 0 Å². The van der Waals surface area contributed by atoms with E-state index in [2.05, 4.69) is 50.1 Å². The number of hydrogen-bond donors (Lipinski definition) is 1. The first-order chi connectivity index (χ1) is 7.00. The summed E-state index contributed by atoms with van der Waals surface area (Å²) >= 11 is 0. The predicted molar refractivity (Wildman–Crippen MR) is 66.2 cm³/mol. The number of likely N-dealkylation sites (tertiary alicyclic amines) is 1. The molecule has 0 radical (unpaired) electrons. The van der Waals surface area contributed by atoms with Gasteiger partial charge in [0, 0.05) is 31.7 Å². The highest BCUT2D eigenvalue weighted by atomic mass is 15.2. The van der Waals surface area contributed by atoms with Gasteiger partial charge in [-0.05, 0) is 40.4 Å². The summed E-state index contributed by atoms with van der Waals surface area (Å²) in [6.45, 7) is 8.15. The highest BCUT2D eigenvalue weighted by Gasteiger charge is 2.28. The van der Waals surface area contributed by atoms with Gasteiger partial charge in [-0.3, -0.25) is 0 Å². The molecule has 0 saturated carbocycles. The lowest BCUT2D eigenvalue weighted by Gasteiger charge is -2.40. The molecule has 0 amide bonds. The Morgan fingerprint density at radius 3 is 2.60 bits per heavy atom. The van der Waals surface area contributed by atoms with Gasteiger partial charge in [-0.15, -0.1) is 0 Å². The van der Waals surface area contributed by atoms with Gasteiger partial charge in [-0.2, -0.15) is 0 Å². The normalized spacial score (nSPS) is 33.6. The molecule has 3 atom stereocenters. The van der Waals surface area contributed by atoms with Crippen LogP contribution in [0.15, 0.2) is 0 Å². The van der Waals surface area contributed by atoms with E-state index >= 15 is 0 Å². The maximum Gasteiger partial charge on any atom is 0.0120 e. The fourth-order valence-electron chi connectivity index (χ4n) is 2.30. The lowest BCUT2D eigenvalue weighted by Crippen LogP contribution is -2.51. The molecule has 3 heteroatoms. The summed E-state index contributed by atoms with van der Waals surface area (Å²) in [7, 11) is 6.49. The van der Waals surface area contributed by atoms with Crippen LogP contribution in [0.1, 0.15) is 20.3 Å². The van der Waals surface area contributed by atoms with Gasteiger partial charge in [0.1, 0.15) is 0 Å². The second-order valence-electron chi connectivity index (χ2n) is 5.37. The third-order valence-electron chi connectivity index (χ3n) is 3.58. The van der Waals surface area contributed by atoms with E-state index in [0.29, 0.717) is 6.04 Å². The molecular formula is C12H27N3. The second kappa shape index (κ2) is 5.83. The molecule has 3 nitrogen and oxygen atoms in total. The van der Waals surface area contributed by atoms with Gasteiger partial charge in [0.05, 0.1) is 0 Å². The summed E-state index contributed by atoms with van der Waals surface area (Å²) in [4.78, 5) is 4.70. The molecule has 1 fully saturated rings. The molecule has 15 heavy (non-hydrogen) atoms. The van der Waals surface area contributed by atoms with Crippen LogP contribution in [0.2, 0.25) is 0 Å². The van der Waals surface area contributed by atoms with Gasteiger partial charge >= 0.3 is 0 Å². The van der Waals surface area contributed by atoms with Gasteiger partial charge < -0.3 is 15.1 Å². The minimum Gasteiger partial charge on any atom is -0.312 e. The fourth-order valence-corrected chi connectivity index (χ4v) is 2.30. The van der Waals surface area contributed by atoms with Crippen molar-refractivity contribution in [1.29, 1.82) is 0 Å². The molecule has 0 aromatic rings. The van der Waals surface area contributed by atoms with Crippen molar-refractivity contribution in [2.24, 2.45) is 5.92 Å². The maximum absolute atomic E-state index is 3.69. The van der Waals surface area contributed by atoms with Crippen molar-refractivity contribution in [2.75, 3.05) is 40.8 Å². The average molecular weight is 213 g/mol. The van der Waals surface area contributed by atoms with Crippen molar-refractivity contribution in [1.82, 2.24) is 15.1 Å². The minimum atomic E-state index is 0.705. The van der Waals surface area contributed by atoms with Crippen molar-refractivity contribution in [3.8, 4) is 0 Å². The van der Waals surface area contributed by atoms with E-state index < -0.39 is 0 Å². The van der Waals surface area contributed by atoms with Crippen LogP contribution < -0.4 is 5.32 Å². The van der Waals surface area contributed by atoms with Crippen molar-refractivity contribution < 1.29 is 0 Å². The van der Waals surface area contributed by atoms with Crippen LogP contribution in [0.25, 0.3) is 0 Å². The van der Waals surface area contributed by atoms with Crippen molar-refractivity contribution in [3.63, 3.8) is 0 Å². The summed E-state index contributed by atoms with van der Waals surface area (Å²) in [6.07, 6.45) is 1.28. The Hall–Kier alpha value is -0.120. The predicted octanol–water partition coefficient (Wildman–Crippen LogP) is 0.866. The monoisotopic (exact) mass is 213 g/mol. The van der Waals surface area contributed by atoms with Gasteiger partial charge in [0.25, 0.3) is 0 Å². The number of nitrogens with one attached hydrogen (secondary N) is 1. The maximum atomic E-state index is 3.69. The van der Waals surface area contributed by atoms with Crippen LogP contribution in [0.5, 0.6) is 0 Å². The van der Waals surface area contributed by atoms with Crippen molar-refractivity contribution in [3.05, 3.63) is 0 Å². The summed E-state index contributed by atoms with van der Waals surface area (Å²) in [5.41, 5.74) is 0. The van der Waals surface area contributed by atoms with Crippen LogP contribution in [-0.2, 0) is 0 Å². The molecule has 0 aliphatic carbocycles. The standard InChI is InChI=1S/C12H27N3/c1-10-9-15(5)11(2)8-12(10)13-6-7-14(3)4/h10-13H,6-9H2,1-5H3/t10-,11-,12-/m0/s1. The Morgan fingerprint density at radius 1 is 1.33 bits per heavy atom. The topological polar surface area (TPSA) is 18.5 Å². The zero-order chi connectivity index (χ0) is 11.4. The first-order valence-corrected chi connectivity index (χ1v) is 6.09. The Labute approximate surface area is 94.8 Å². The zero-order valence-corrected chi connectivity index (χ0v) is 11.0. The van der Waals surface area contributed by atoms with Crippen LogP contribution in [0.4, 0.5) is 0 Å². The molecule has 0 bridgehead atoms. The average Bonchev–Trinajstić information content (AvgIpc) is 2.13. The van der Waals surface area contributed by atoms with Crippen molar-refractivity contribution in [2.45, 2.75) is 32.4 Å². The summed E-state index contributed by atoms with van der Waals surface area (Å²) in [5, 5.41) is 3.69. The van der Waals surface area contributed by atoms with E-state index in [4.69, 9.17) is 0 Å². The Kier molecular flexibility index (Phi) is 5.03. The van der Waals surface area contributed by atoms with Crippen LogP contribution in [0.3, 0.4) is 0 Å². The molecule has 1 saturated heterocycles. The number of hydrogen-bond acceptors (Lipinski definition) is 3. The molecule has 1 rings (SSSR count). The zero-order valence-electron chi connectivity index (χ0n) is 11.0. The Balaban J connectivity index is 2.28. The highest BCUT2D eigenvalue weighted by Crippen LogP contribution is 2.20. The third-order valence-corrected chi connectivity index (χ3v) is 3.58. The van der Waals surface area contributed by atoms with E-state index in [1.807, 2.05) is 0 Å². The summed E-state index contributed by atoms with van der Waals surface area (Å²) in [5.74, 6) is 0.772. The molecule has 0 aromatic heterocycles. The largest absolute Gasteiger partial charge is 0.312 e. The number of likely N-dealkylation sites (N-methyl/N-ethyl adjacent to an activating group) is 1. The first-order valence-electron chi connectivity index (χ1n) is 6.09. The van der Waals surface area contributed by atoms with E-state index in [9.17, 15) is 0 Å². The smallest absolute Gasteiger partial charge is 0.0120 e. The number of nitrogens with zero attached hydrogens (tertiary/aromatic N) is 2. The second-order valence-corrected chi connectivity index (χ2v) is 5.37. The molecule has 0 unspecified atom stereocenters. The lowest BCUT2D eigenvalue weighted by atomic mass is 9.90. The third kappa shape index (κ3) is 4.09. The van der Waals surface area contributed by atoms with E-state index in [1.54, 1.807) is 0 Å². The Morgan fingerprint density at radius 2 is 2.00 bits per heavy atom. The van der Waals surface area contributed by atoms with Crippen LogP contribution >= 0.6 is 0 Å². The molecule has 0 spiro atoms. The molecule has 0 aromatic carbocycles. The quantitative estimate of drug-likeness (QED) is 0.747. The fraction of sp³-hybridized carbons (Fsp3) is 1.00. The van der Waals surface area contributed by atoms with E-state index in [1.165, 1.54) is 13.0 Å². The molecule has 1 heterocycles. The lowest BCUT2D eigenvalue weighted by molar-refractivity contribution is 0.121. The molecule has 1 aliphatic heterocycles. The van der Waals surface area contributed by atoms with Gasteiger partial charge in [0.15, 0.2) is 0 Å². The Bertz CT molecular complexity index is 182. The SMILES string of the molecule is C[C@H]1CN(C)[C@@H](C)C[C@@H]1NCCN(C)C. The van der Waals surface area contributed by atoms with E-state index in [-0.39, 0.29) is 0 Å². The molecule has 1 aliphatic rings. The molecule has 90 valence electrons. The summed E-state index contributed by atoms with van der Waals surface area (Å²) < 4.78 is 0. The first kappa shape index (κ1) is 12.9. The van der Waals surface area contributed by atoms with Gasteiger partial charge in [-0.25, -0.2) is 0 Å². The van der Waals surface area contributed by atoms with Gasteiger partial charge in [-0.1, -0.05) is 6.92 Å². The minimum absolute atomic E-state index is 0.705. The van der Waals surface area contributed by atoms with Crippen LogP contribution in [0, 0.1) is 5.92 Å². The number of piperidine rings is 1.